The molecular formula is C23H27NO4. The van der Waals surface area contributed by atoms with Crippen LogP contribution in [0.3, 0.4) is 0 Å². The molecule has 0 saturated carbocycles. The average Bonchev–Trinajstić information content (AvgIpc) is 2.70. The van der Waals surface area contributed by atoms with E-state index in [-0.39, 0.29) is 24.3 Å². The first-order valence-corrected chi connectivity index (χ1v) is 9.53. The van der Waals surface area contributed by atoms with Gasteiger partial charge in [-0.25, -0.2) is 4.79 Å². The Balaban J connectivity index is 1.84. The third kappa shape index (κ3) is 6.65. The van der Waals surface area contributed by atoms with Crippen molar-refractivity contribution in [3.63, 3.8) is 0 Å². The van der Waals surface area contributed by atoms with Gasteiger partial charge in [-0.05, 0) is 37.8 Å². The van der Waals surface area contributed by atoms with Crippen LogP contribution in [0.15, 0.2) is 54.6 Å². The summed E-state index contributed by atoms with van der Waals surface area (Å²) in [5.41, 5.74) is 1.37. The molecule has 0 radical (unpaired) electrons. The molecule has 28 heavy (non-hydrogen) atoms. The largest absolute Gasteiger partial charge is 0.452 e. The van der Waals surface area contributed by atoms with Crippen LogP contribution in [0.5, 0.6) is 0 Å². The molecule has 0 heterocycles. The number of carbonyl (C=O) groups excluding carboxylic acids is 3. The lowest BCUT2D eigenvalue weighted by molar-refractivity contribution is -0.124. The Morgan fingerprint density at radius 3 is 2.00 bits per heavy atom. The van der Waals surface area contributed by atoms with Crippen molar-refractivity contribution in [2.75, 3.05) is 6.61 Å². The van der Waals surface area contributed by atoms with E-state index in [9.17, 15) is 14.4 Å². The molecule has 1 atom stereocenters. The number of benzene rings is 2. The van der Waals surface area contributed by atoms with Gasteiger partial charge in [-0.15, -0.1) is 0 Å². The van der Waals surface area contributed by atoms with Crippen LogP contribution in [0.25, 0.3) is 0 Å². The van der Waals surface area contributed by atoms with Crippen molar-refractivity contribution in [2.24, 2.45) is 5.92 Å². The minimum atomic E-state index is -0.594. The van der Waals surface area contributed by atoms with E-state index in [2.05, 4.69) is 19.2 Å². The Bertz CT molecular complexity index is 797. The van der Waals surface area contributed by atoms with E-state index in [1.165, 1.54) is 12.1 Å². The number of rotatable bonds is 9. The van der Waals surface area contributed by atoms with Gasteiger partial charge in [0.05, 0.1) is 5.56 Å². The molecule has 0 unspecified atom stereocenters. The molecule has 2 rings (SSSR count). The summed E-state index contributed by atoms with van der Waals surface area (Å²) in [4.78, 5) is 36.4. The monoisotopic (exact) mass is 381 g/mol. The Morgan fingerprint density at radius 2 is 1.39 bits per heavy atom. The number of esters is 1. The maximum atomic E-state index is 12.4. The fourth-order valence-corrected chi connectivity index (χ4v) is 2.70. The van der Waals surface area contributed by atoms with Crippen molar-refractivity contribution in [2.45, 2.75) is 39.7 Å². The zero-order valence-corrected chi connectivity index (χ0v) is 16.6. The molecule has 0 spiro atoms. The molecule has 5 heteroatoms. The second kappa shape index (κ2) is 10.4. The lowest BCUT2D eigenvalue weighted by atomic mass is 10.0. The van der Waals surface area contributed by atoms with Gasteiger partial charge in [-0.3, -0.25) is 9.59 Å². The molecule has 0 saturated heterocycles. The van der Waals surface area contributed by atoms with E-state index in [0.717, 1.165) is 12.8 Å². The van der Waals surface area contributed by atoms with Crippen molar-refractivity contribution in [3.05, 3.63) is 71.3 Å². The molecule has 0 fully saturated rings. The number of amides is 1. The first-order valence-electron chi connectivity index (χ1n) is 9.53. The molecule has 0 bridgehead atoms. The molecule has 0 aliphatic rings. The van der Waals surface area contributed by atoms with Gasteiger partial charge in [0.1, 0.15) is 0 Å². The lowest BCUT2D eigenvalue weighted by Crippen LogP contribution is -2.36. The number of ether oxygens (including phenoxy) is 1. The summed E-state index contributed by atoms with van der Waals surface area (Å²) in [5.74, 6) is -0.451. The summed E-state index contributed by atoms with van der Waals surface area (Å²) in [6, 6.07) is 15.2. The topological polar surface area (TPSA) is 72.5 Å². The second-order valence-corrected chi connectivity index (χ2v) is 7.29. The highest BCUT2D eigenvalue weighted by molar-refractivity contribution is 6.09. The zero-order chi connectivity index (χ0) is 20.5. The van der Waals surface area contributed by atoms with Crippen LogP contribution in [0.4, 0.5) is 0 Å². The van der Waals surface area contributed by atoms with E-state index in [4.69, 9.17) is 4.74 Å². The van der Waals surface area contributed by atoms with Crippen LogP contribution in [0.2, 0.25) is 0 Å². The van der Waals surface area contributed by atoms with E-state index < -0.39 is 5.97 Å². The van der Waals surface area contributed by atoms with Crippen molar-refractivity contribution in [3.8, 4) is 0 Å². The molecule has 0 aromatic heterocycles. The highest BCUT2D eigenvalue weighted by Gasteiger charge is 2.14. The number of hydrogen-bond donors (Lipinski definition) is 1. The van der Waals surface area contributed by atoms with Gasteiger partial charge in [-0.1, -0.05) is 56.3 Å². The fraction of sp³-hybridized carbons (Fsp3) is 0.348. The quantitative estimate of drug-likeness (QED) is 0.526. The van der Waals surface area contributed by atoms with E-state index in [0.29, 0.717) is 22.6 Å². The fourth-order valence-electron chi connectivity index (χ4n) is 2.70. The van der Waals surface area contributed by atoms with Gasteiger partial charge in [0, 0.05) is 17.2 Å². The van der Waals surface area contributed by atoms with Gasteiger partial charge in [-0.2, -0.15) is 0 Å². The number of hydrogen-bond acceptors (Lipinski definition) is 4. The summed E-state index contributed by atoms with van der Waals surface area (Å²) >= 11 is 0. The van der Waals surface area contributed by atoms with Crippen LogP contribution >= 0.6 is 0 Å². The summed E-state index contributed by atoms with van der Waals surface area (Å²) in [5, 5.41) is 2.82. The Labute approximate surface area is 166 Å². The van der Waals surface area contributed by atoms with Gasteiger partial charge in [0.25, 0.3) is 5.91 Å². The Hall–Kier alpha value is -2.95. The first kappa shape index (κ1) is 21.4. The molecule has 5 nitrogen and oxygen atoms in total. The van der Waals surface area contributed by atoms with Crippen LogP contribution in [-0.2, 0) is 9.53 Å². The van der Waals surface area contributed by atoms with Crippen molar-refractivity contribution in [1.29, 1.82) is 0 Å². The Kier molecular flexibility index (Phi) is 7.93. The molecule has 2 aromatic carbocycles. The highest BCUT2D eigenvalue weighted by atomic mass is 16.5. The van der Waals surface area contributed by atoms with Crippen molar-refractivity contribution < 1.29 is 19.1 Å². The molecule has 1 amide bonds. The number of nitrogens with one attached hydrogen (secondary N) is 1. The summed E-state index contributed by atoms with van der Waals surface area (Å²) < 4.78 is 5.07. The van der Waals surface area contributed by atoms with Crippen molar-refractivity contribution >= 4 is 17.7 Å². The third-order valence-corrected chi connectivity index (χ3v) is 4.34. The zero-order valence-electron chi connectivity index (χ0n) is 16.6. The predicted octanol–water partition coefficient (Wildman–Crippen LogP) is 4.02. The molecule has 0 aliphatic heterocycles. The SMILES string of the molecule is CC(C)CC[C@@H](C)NC(=O)COC(=O)c1ccc(C(=O)c2ccccc2)cc1. The minimum absolute atomic E-state index is 0.0388. The maximum absolute atomic E-state index is 12.4. The van der Waals surface area contributed by atoms with E-state index in [1.54, 1.807) is 36.4 Å². The predicted molar refractivity (Wildman–Crippen MR) is 108 cm³/mol. The van der Waals surface area contributed by atoms with Crippen LogP contribution in [0, 0.1) is 5.92 Å². The normalized spacial score (nSPS) is 11.7. The van der Waals surface area contributed by atoms with Crippen LogP contribution in [-0.4, -0.2) is 30.3 Å². The summed E-state index contributed by atoms with van der Waals surface area (Å²) in [6.07, 6.45) is 1.91. The number of ketones is 1. The smallest absolute Gasteiger partial charge is 0.338 e. The minimum Gasteiger partial charge on any atom is -0.452 e. The highest BCUT2D eigenvalue weighted by Crippen LogP contribution is 2.12. The molecular weight excluding hydrogens is 354 g/mol. The third-order valence-electron chi connectivity index (χ3n) is 4.34. The second-order valence-electron chi connectivity index (χ2n) is 7.29. The van der Waals surface area contributed by atoms with E-state index >= 15 is 0 Å². The van der Waals surface area contributed by atoms with Gasteiger partial charge in [0.15, 0.2) is 12.4 Å². The summed E-state index contributed by atoms with van der Waals surface area (Å²) in [7, 11) is 0. The van der Waals surface area contributed by atoms with Crippen LogP contribution in [0.1, 0.15) is 59.9 Å². The lowest BCUT2D eigenvalue weighted by Gasteiger charge is -2.15. The molecule has 1 N–H and O–H groups in total. The van der Waals surface area contributed by atoms with Gasteiger partial charge < -0.3 is 10.1 Å². The maximum Gasteiger partial charge on any atom is 0.338 e. The molecule has 148 valence electrons. The van der Waals surface area contributed by atoms with Gasteiger partial charge in [0.2, 0.25) is 0 Å². The van der Waals surface area contributed by atoms with Crippen molar-refractivity contribution in [1.82, 2.24) is 5.32 Å². The van der Waals surface area contributed by atoms with Gasteiger partial charge >= 0.3 is 5.97 Å². The first-order chi connectivity index (χ1) is 13.4. The standard InChI is InChI=1S/C23H27NO4/c1-16(2)9-10-17(3)24-21(25)15-28-23(27)20-13-11-19(12-14-20)22(26)18-7-5-4-6-8-18/h4-8,11-14,16-17H,9-10,15H2,1-3H3,(H,24,25)/t17-/m1/s1. The Morgan fingerprint density at radius 1 is 0.821 bits per heavy atom. The molecule has 0 aliphatic carbocycles. The van der Waals surface area contributed by atoms with Crippen LogP contribution < -0.4 is 5.32 Å². The van der Waals surface area contributed by atoms with E-state index in [1.807, 2.05) is 13.0 Å². The molecule has 2 aromatic rings. The summed E-state index contributed by atoms with van der Waals surface area (Å²) in [6.45, 7) is 5.88. The number of carbonyl (C=O) groups is 3. The average molecular weight is 381 g/mol.